The SMILES string of the molecule is CC1CCC(C)(OC(=O)c2ccccc2N)C(OC(=O)c2ccccc2N)C1. The molecule has 1 aliphatic carbocycles. The van der Waals surface area contributed by atoms with Gasteiger partial charge >= 0.3 is 11.9 Å². The van der Waals surface area contributed by atoms with Gasteiger partial charge in [0.05, 0.1) is 11.1 Å². The lowest BCUT2D eigenvalue weighted by Gasteiger charge is -2.42. The van der Waals surface area contributed by atoms with Gasteiger partial charge in [0.25, 0.3) is 0 Å². The highest BCUT2D eigenvalue weighted by atomic mass is 16.6. The molecule has 3 atom stereocenters. The number of para-hydroxylation sites is 2. The average Bonchev–Trinajstić information content (AvgIpc) is 2.65. The molecule has 0 heterocycles. The molecule has 0 bridgehead atoms. The Morgan fingerprint density at radius 3 is 2.07 bits per heavy atom. The van der Waals surface area contributed by atoms with Crippen molar-refractivity contribution in [3.8, 4) is 0 Å². The predicted octanol–water partition coefficient (Wildman–Crippen LogP) is 3.81. The fraction of sp³-hybridized carbons (Fsp3) is 0.364. The predicted molar refractivity (Wildman–Crippen MR) is 108 cm³/mol. The summed E-state index contributed by atoms with van der Waals surface area (Å²) < 4.78 is 11.6. The number of nitrogen functional groups attached to an aromatic ring is 2. The van der Waals surface area contributed by atoms with E-state index in [0.29, 0.717) is 41.3 Å². The van der Waals surface area contributed by atoms with Crippen LogP contribution in [0, 0.1) is 5.92 Å². The van der Waals surface area contributed by atoms with E-state index < -0.39 is 23.6 Å². The number of carbonyl (C=O) groups is 2. The van der Waals surface area contributed by atoms with Crippen LogP contribution in [0.2, 0.25) is 0 Å². The zero-order valence-electron chi connectivity index (χ0n) is 16.2. The van der Waals surface area contributed by atoms with Gasteiger partial charge in [0.1, 0.15) is 11.7 Å². The molecule has 28 heavy (non-hydrogen) atoms. The van der Waals surface area contributed by atoms with E-state index in [2.05, 4.69) is 6.92 Å². The lowest BCUT2D eigenvalue weighted by molar-refractivity contribution is -0.114. The van der Waals surface area contributed by atoms with Crippen molar-refractivity contribution in [3.63, 3.8) is 0 Å². The summed E-state index contributed by atoms with van der Waals surface area (Å²) in [6, 6.07) is 13.5. The first-order chi connectivity index (χ1) is 13.3. The van der Waals surface area contributed by atoms with Crippen molar-refractivity contribution in [3.05, 3.63) is 59.7 Å². The maximum absolute atomic E-state index is 12.7. The van der Waals surface area contributed by atoms with Gasteiger partial charge < -0.3 is 20.9 Å². The van der Waals surface area contributed by atoms with Crippen LogP contribution in [0.3, 0.4) is 0 Å². The first-order valence-corrected chi connectivity index (χ1v) is 9.43. The van der Waals surface area contributed by atoms with Gasteiger partial charge in [0, 0.05) is 11.4 Å². The minimum atomic E-state index is -0.939. The molecule has 6 nitrogen and oxygen atoms in total. The third kappa shape index (κ3) is 4.11. The van der Waals surface area contributed by atoms with Crippen LogP contribution >= 0.6 is 0 Å². The molecule has 0 amide bonds. The zero-order valence-corrected chi connectivity index (χ0v) is 16.2. The number of carbonyl (C=O) groups excluding carboxylic acids is 2. The number of benzene rings is 2. The number of hydrogen-bond acceptors (Lipinski definition) is 6. The maximum atomic E-state index is 12.7. The Balaban J connectivity index is 1.81. The highest BCUT2D eigenvalue weighted by Gasteiger charge is 2.45. The number of ether oxygens (including phenoxy) is 2. The quantitative estimate of drug-likeness (QED) is 0.615. The monoisotopic (exact) mass is 382 g/mol. The second-order valence-electron chi connectivity index (χ2n) is 7.65. The van der Waals surface area contributed by atoms with Gasteiger partial charge in [-0.05, 0) is 56.4 Å². The van der Waals surface area contributed by atoms with E-state index in [-0.39, 0.29) is 0 Å². The normalized spacial score (nSPS) is 24.4. The largest absolute Gasteiger partial charge is 0.454 e. The van der Waals surface area contributed by atoms with Gasteiger partial charge in [0.15, 0.2) is 0 Å². The summed E-state index contributed by atoms with van der Waals surface area (Å²) in [7, 11) is 0. The van der Waals surface area contributed by atoms with Crippen LogP contribution in [0.4, 0.5) is 11.4 Å². The molecular weight excluding hydrogens is 356 g/mol. The standard InChI is InChI=1S/C22H26N2O4/c1-14-11-12-22(2,28-21(26)16-8-4-6-10-18(16)24)19(13-14)27-20(25)15-7-3-5-9-17(15)23/h3-10,14,19H,11-13,23-24H2,1-2H3. The molecule has 3 unspecified atom stereocenters. The molecule has 4 N–H and O–H groups in total. The summed E-state index contributed by atoms with van der Waals surface area (Å²) in [4.78, 5) is 25.4. The molecule has 2 aromatic rings. The molecule has 1 fully saturated rings. The summed E-state index contributed by atoms with van der Waals surface area (Å²) >= 11 is 0. The molecule has 3 rings (SSSR count). The molecule has 2 aromatic carbocycles. The first kappa shape index (κ1) is 19.7. The van der Waals surface area contributed by atoms with Gasteiger partial charge in [-0.1, -0.05) is 31.2 Å². The molecule has 1 saturated carbocycles. The Labute approximate surface area is 164 Å². The highest BCUT2D eigenvalue weighted by Crippen LogP contribution is 2.38. The van der Waals surface area contributed by atoms with Crippen molar-refractivity contribution in [2.45, 2.75) is 44.8 Å². The third-order valence-electron chi connectivity index (χ3n) is 5.37. The summed E-state index contributed by atoms with van der Waals surface area (Å²) in [5.41, 5.74) is 12.2. The summed E-state index contributed by atoms with van der Waals surface area (Å²) in [5, 5.41) is 0. The zero-order chi connectivity index (χ0) is 20.3. The maximum Gasteiger partial charge on any atom is 0.340 e. The van der Waals surface area contributed by atoms with E-state index in [9.17, 15) is 9.59 Å². The first-order valence-electron chi connectivity index (χ1n) is 9.43. The van der Waals surface area contributed by atoms with E-state index in [4.69, 9.17) is 20.9 Å². The topological polar surface area (TPSA) is 105 Å². The number of hydrogen-bond donors (Lipinski definition) is 2. The molecular formula is C22H26N2O4. The lowest BCUT2D eigenvalue weighted by atomic mass is 9.78. The molecule has 0 radical (unpaired) electrons. The third-order valence-corrected chi connectivity index (χ3v) is 5.37. The Bertz CT molecular complexity index is 882. The van der Waals surface area contributed by atoms with Crippen molar-refractivity contribution >= 4 is 23.3 Å². The summed E-state index contributed by atoms with van der Waals surface area (Å²) in [5.74, 6) is -0.686. The van der Waals surface area contributed by atoms with E-state index in [0.717, 1.165) is 6.42 Å². The van der Waals surface area contributed by atoms with Crippen molar-refractivity contribution in [2.75, 3.05) is 11.5 Å². The molecule has 0 spiro atoms. The Kier molecular flexibility index (Phi) is 5.58. The minimum Gasteiger partial charge on any atom is -0.454 e. The van der Waals surface area contributed by atoms with E-state index in [1.807, 2.05) is 6.92 Å². The van der Waals surface area contributed by atoms with Gasteiger partial charge in [0.2, 0.25) is 0 Å². The van der Waals surface area contributed by atoms with Crippen molar-refractivity contribution in [2.24, 2.45) is 5.92 Å². The van der Waals surface area contributed by atoms with Gasteiger partial charge in [-0.3, -0.25) is 0 Å². The van der Waals surface area contributed by atoms with Crippen molar-refractivity contribution in [1.82, 2.24) is 0 Å². The van der Waals surface area contributed by atoms with Crippen LogP contribution in [0.1, 0.15) is 53.8 Å². The van der Waals surface area contributed by atoms with Crippen LogP contribution in [-0.4, -0.2) is 23.6 Å². The van der Waals surface area contributed by atoms with Crippen molar-refractivity contribution < 1.29 is 19.1 Å². The van der Waals surface area contributed by atoms with Crippen LogP contribution in [-0.2, 0) is 9.47 Å². The lowest BCUT2D eigenvalue weighted by Crippen LogP contribution is -2.50. The Hall–Kier alpha value is -3.02. The van der Waals surface area contributed by atoms with Gasteiger partial charge in [-0.25, -0.2) is 9.59 Å². The second kappa shape index (κ2) is 7.92. The summed E-state index contributed by atoms with van der Waals surface area (Å²) in [6.45, 7) is 3.90. The van der Waals surface area contributed by atoms with Crippen molar-refractivity contribution in [1.29, 1.82) is 0 Å². The van der Waals surface area contributed by atoms with Crippen LogP contribution in [0.25, 0.3) is 0 Å². The fourth-order valence-electron chi connectivity index (χ4n) is 3.54. The fourth-order valence-corrected chi connectivity index (χ4v) is 3.54. The second-order valence-corrected chi connectivity index (χ2v) is 7.65. The molecule has 148 valence electrons. The van der Waals surface area contributed by atoms with Crippen LogP contribution in [0.15, 0.2) is 48.5 Å². The minimum absolute atomic E-state index is 0.305. The Morgan fingerprint density at radius 2 is 1.50 bits per heavy atom. The number of esters is 2. The molecule has 6 heteroatoms. The number of nitrogens with two attached hydrogens (primary N) is 2. The molecule has 0 saturated heterocycles. The van der Waals surface area contributed by atoms with Crippen LogP contribution in [0.5, 0.6) is 0 Å². The van der Waals surface area contributed by atoms with Gasteiger partial charge in [-0.2, -0.15) is 0 Å². The summed E-state index contributed by atoms with van der Waals surface area (Å²) in [6.07, 6.45) is 1.49. The highest BCUT2D eigenvalue weighted by molar-refractivity contribution is 5.96. The average molecular weight is 382 g/mol. The van der Waals surface area contributed by atoms with E-state index in [1.54, 1.807) is 48.5 Å². The van der Waals surface area contributed by atoms with E-state index >= 15 is 0 Å². The smallest absolute Gasteiger partial charge is 0.340 e. The number of rotatable bonds is 4. The molecule has 0 aliphatic heterocycles. The number of anilines is 2. The molecule has 1 aliphatic rings. The van der Waals surface area contributed by atoms with E-state index in [1.165, 1.54) is 0 Å². The van der Waals surface area contributed by atoms with Gasteiger partial charge in [-0.15, -0.1) is 0 Å². The van der Waals surface area contributed by atoms with Crippen LogP contribution < -0.4 is 11.5 Å². The molecule has 0 aromatic heterocycles. The Morgan fingerprint density at radius 1 is 0.964 bits per heavy atom.